The lowest BCUT2D eigenvalue weighted by molar-refractivity contribution is -0.137. The third-order valence-electron chi connectivity index (χ3n) is 2.99. The Morgan fingerprint density at radius 2 is 1.67 bits per heavy atom. The second-order valence-corrected chi connectivity index (χ2v) is 4.46. The van der Waals surface area contributed by atoms with Crippen LogP contribution in [0.25, 0.3) is 0 Å². The molecular weight excluding hydrogens is 291 g/mol. The first-order chi connectivity index (χ1) is 9.71. The predicted octanol–water partition coefficient (Wildman–Crippen LogP) is 4.52. The van der Waals surface area contributed by atoms with Gasteiger partial charge in [0, 0.05) is 5.56 Å². The number of alkyl halides is 3. The van der Waals surface area contributed by atoms with E-state index in [1.54, 1.807) is 0 Å². The average Bonchev–Trinajstić information content (AvgIpc) is 2.40. The zero-order valence-electron chi connectivity index (χ0n) is 10.8. The maximum Gasteiger partial charge on any atom is 0.416 e. The molecule has 2 rings (SSSR count). The largest absolute Gasteiger partial charge is 0.416 e. The third-order valence-corrected chi connectivity index (χ3v) is 2.99. The Kier molecular flexibility index (Phi) is 3.80. The van der Waals surface area contributed by atoms with Crippen LogP contribution in [-0.2, 0) is 6.18 Å². The number of rotatable bonds is 2. The number of halogens is 5. The maximum absolute atomic E-state index is 13.6. The topological polar surface area (TPSA) is 17.1 Å². The van der Waals surface area contributed by atoms with Crippen molar-refractivity contribution < 1.29 is 26.7 Å². The SMILES string of the molecule is Cc1cc(C(F)(F)F)ccc1C(=O)c1cccc(F)c1F. The summed E-state index contributed by atoms with van der Waals surface area (Å²) in [6.45, 7) is 1.31. The molecule has 21 heavy (non-hydrogen) atoms. The summed E-state index contributed by atoms with van der Waals surface area (Å²) in [6.07, 6.45) is -4.53. The van der Waals surface area contributed by atoms with Gasteiger partial charge in [0.1, 0.15) is 0 Å². The molecule has 110 valence electrons. The van der Waals surface area contributed by atoms with Crippen molar-refractivity contribution in [2.75, 3.05) is 0 Å². The Balaban J connectivity index is 2.48. The van der Waals surface area contributed by atoms with Crippen molar-refractivity contribution in [3.63, 3.8) is 0 Å². The molecule has 0 atom stereocenters. The normalized spacial score (nSPS) is 11.5. The molecule has 0 radical (unpaired) electrons. The van der Waals surface area contributed by atoms with Crippen LogP contribution in [0.2, 0.25) is 0 Å². The van der Waals surface area contributed by atoms with Crippen LogP contribution in [-0.4, -0.2) is 5.78 Å². The van der Waals surface area contributed by atoms with Gasteiger partial charge in [0.2, 0.25) is 0 Å². The molecule has 0 saturated carbocycles. The van der Waals surface area contributed by atoms with Gasteiger partial charge in [-0.15, -0.1) is 0 Å². The van der Waals surface area contributed by atoms with Gasteiger partial charge in [-0.3, -0.25) is 4.79 Å². The predicted molar refractivity (Wildman–Crippen MR) is 66.0 cm³/mol. The standard InChI is InChI=1S/C15H9F5O/c1-8-7-9(15(18,19)20)5-6-10(8)14(21)11-3-2-4-12(16)13(11)17/h2-7H,1H3. The first-order valence-corrected chi connectivity index (χ1v) is 5.88. The monoisotopic (exact) mass is 300 g/mol. The number of carbonyl (C=O) groups excluding carboxylic acids is 1. The molecule has 0 aromatic heterocycles. The quantitative estimate of drug-likeness (QED) is 0.588. The molecule has 2 aromatic rings. The fraction of sp³-hybridized carbons (Fsp3) is 0.133. The molecule has 0 heterocycles. The van der Waals surface area contributed by atoms with E-state index in [1.165, 1.54) is 6.92 Å². The summed E-state index contributed by atoms with van der Waals surface area (Å²) in [5.41, 5.74) is -1.49. The fourth-order valence-corrected chi connectivity index (χ4v) is 1.92. The van der Waals surface area contributed by atoms with E-state index in [2.05, 4.69) is 0 Å². The zero-order chi connectivity index (χ0) is 15.8. The highest BCUT2D eigenvalue weighted by molar-refractivity contribution is 6.10. The average molecular weight is 300 g/mol. The van der Waals surface area contributed by atoms with Crippen LogP contribution in [0.1, 0.15) is 27.0 Å². The minimum absolute atomic E-state index is 0.0403. The Morgan fingerprint density at radius 3 is 2.24 bits per heavy atom. The Morgan fingerprint density at radius 1 is 1.00 bits per heavy atom. The first-order valence-electron chi connectivity index (χ1n) is 5.88. The van der Waals surface area contributed by atoms with Gasteiger partial charge in [-0.05, 0) is 36.8 Å². The molecule has 0 aliphatic carbocycles. The Bertz CT molecular complexity index is 704. The molecule has 0 fully saturated rings. The van der Waals surface area contributed by atoms with Gasteiger partial charge in [-0.25, -0.2) is 8.78 Å². The lowest BCUT2D eigenvalue weighted by Crippen LogP contribution is -2.10. The van der Waals surface area contributed by atoms with E-state index < -0.39 is 34.7 Å². The molecule has 0 N–H and O–H groups in total. The van der Waals surface area contributed by atoms with Crippen molar-refractivity contribution in [1.29, 1.82) is 0 Å². The van der Waals surface area contributed by atoms with Gasteiger partial charge in [-0.1, -0.05) is 12.1 Å². The van der Waals surface area contributed by atoms with Gasteiger partial charge in [0.05, 0.1) is 11.1 Å². The van der Waals surface area contributed by atoms with E-state index in [9.17, 15) is 26.7 Å². The summed E-state index contributed by atoms with van der Waals surface area (Å²) < 4.78 is 64.3. The van der Waals surface area contributed by atoms with Crippen LogP contribution in [0.4, 0.5) is 22.0 Å². The molecular formula is C15H9F5O. The van der Waals surface area contributed by atoms with E-state index in [-0.39, 0.29) is 11.1 Å². The van der Waals surface area contributed by atoms with Crippen molar-refractivity contribution in [3.05, 3.63) is 70.3 Å². The van der Waals surface area contributed by atoms with E-state index in [1.807, 2.05) is 0 Å². The molecule has 0 bridgehead atoms. The third kappa shape index (κ3) is 2.94. The summed E-state index contributed by atoms with van der Waals surface area (Å²) in [6, 6.07) is 5.58. The lowest BCUT2D eigenvalue weighted by atomic mass is 9.97. The summed E-state index contributed by atoms with van der Waals surface area (Å²) in [5.74, 6) is -3.37. The second-order valence-electron chi connectivity index (χ2n) is 4.46. The summed E-state index contributed by atoms with van der Waals surface area (Å²) in [4.78, 5) is 12.1. The molecule has 0 amide bonds. The molecule has 0 unspecified atom stereocenters. The minimum Gasteiger partial charge on any atom is -0.288 e. The number of aryl methyl sites for hydroxylation is 1. The van der Waals surface area contributed by atoms with Crippen LogP contribution in [0.3, 0.4) is 0 Å². The summed E-state index contributed by atoms with van der Waals surface area (Å²) in [5, 5.41) is 0. The Labute approximate surface area is 117 Å². The number of benzene rings is 2. The number of ketones is 1. The fourth-order valence-electron chi connectivity index (χ4n) is 1.92. The summed E-state index contributed by atoms with van der Waals surface area (Å²) in [7, 11) is 0. The van der Waals surface area contributed by atoms with E-state index >= 15 is 0 Å². The molecule has 0 aliphatic heterocycles. The van der Waals surface area contributed by atoms with Gasteiger partial charge < -0.3 is 0 Å². The van der Waals surface area contributed by atoms with E-state index in [4.69, 9.17) is 0 Å². The number of hydrogen-bond acceptors (Lipinski definition) is 1. The minimum atomic E-state index is -4.53. The van der Waals surface area contributed by atoms with Gasteiger partial charge in [-0.2, -0.15) is 13.2 Å². The van der Waals surface area contributed by atoms with Crippen LogP contribution >= 0.6 is 0 Å². The Hall–Kier alpha value is -2.24. The highest BCUT2D eigenvalue weighted by atomic mass is 19.4. The van der Waals surface area contributed by atoms with Gasteiger partial charge in [0.25, 0.3) is 0 Å². The molecule has 0 saturated heterocycles. The molecule has 0 aliphatic rings. The lowest BCUT2D eigenvalue weighted by Gasteiger charge is -2.11. The molecule has 2 aromatic carbocycles. The second kappa shape index (κ2) is 5.27. The van der Waals surface area contributed by atoms with Crippen LogP contribution in [0.5, 0.6) is 0 Å². The highest BCUT2D eigenvalue weighted by Crippen LogP contribution is 2.31. The molecule has 0 spiro atoms. The number of hydrogen-bond donors (Lipinski definition) is 0. The van der Waals surface area contributed by atoms with Crippen molar-refractivity contribution in [3.8, 4) is 0 Å². The summed E-state index contributed by atoms with van der Waals surface area (Å²) >= 11 is 0. The van der Waals surface area contributed by atoms with Crippen molar-refractivity contribution in [2.45, 2.75) is 13.1 Å². The smallest absolute Gasteiger partial charge is 0.288 e. The zero-order valence-corrected chi connectivity index (χ0v) is 10.8. The van der Waals surface area contributed by atoms with Crippen molar-refractivity contribution >= 4 is 5.78 Å². The molecule has 1 nitrogen and oxygen atoms in total. The van der Waals surface area contributed by atoms with Crippen LogP contribution in [0.15, 0.2) is 36.4 Å². The van der Waals surface area contributed by atoms with E-state index in [0.717, 1.165) is 36.4 Å². The molecule has 6 heteroatoms. The van der Waals surface area contributed by atoms with Gasteiger partial charge >= 0.3 is 6.18 Å². The van der Waals surface area contributed by atoms with Crippen molar-refractivity contribution in [1.82, 2.24) is 0 Å². The van der Waals surface area contributed by atoms with Crippen LogP contribution < -0.4 is 0 Å². The first kappa shape index (κ1) is 15.2. The van der Waals surface area contributed by atoms with Crippen LogP contribution in [0, 0.1) is 18.6 Å². The maximum atomic E-state index is 13.6. The van der Waals surface area contributed by atoms with Gasteiger partial charge in [0.15, 0.2) is 17.4 Å². The number of carbonyl (C=O) groups is 1. The highest BCUT2D eigenvalue weighted by Gasteiger charge is 2.31. The van der Waals surface area contributed by atoms with E-state index in [0.29, 0.717) is 0 Å². The van der Waals surface area contributed by atoms with Crippen molar-refractivity contribution in [2.24, 2.45) is 0 Å².